The van der Waals surface area contributed by atoms with E-state index in [1.807, 2.05) is 39.8 Å². The average molecular weight is 392 g/mol. The van der Waals surface area contributed by atoms with Gasteiger partial charge in [0.2, 0.25) is 0 Å². The van der Waals surface area contributed by atoms with Gasteiger partial charge in [-0.2, -0.15) is 0 Å². The highest BCUT2D eigenvalue weighted by Crippen LogP contribution is 2.35. The van der Waals surface area contributed by atoms with Crippen molar-refractivity contribution in [3.63, 3.8) is 0 Å². The molecule has 3 N–H and O–H groups in total. The smallest absolute Gasteiger partial charge is 0.395 e. The molecule has 2 aromatic rings. The standard InChI is InChI=1S/C20H25O6P/c1-12(2)17-9-15(5-6-19(17)21)10-18-13(3)7-16(8-14(18)4)26-11-20(22)27(23,24)25/h5-9,12,21H,10-11H2,1-4H3,(H2,23,24,25). The Morgan fingerprint density at radius 3 is 2.22 bits per heavy atom. The highest BCUT2D eigenvalue weighted by molar-refractivity contribution is 7.70. The van der Waals surface area contributed by atoms with Gasteiger partial charge in [-0.1, -0.05) is 26.0 Å². The van der Waals surface area contributed by atoms with Crippen LogP contribution in [0.15, 0.2) is 30.3 Å². The van der Waals surface area contributed by atoms with Crippen molar-refractivity contribution in [2.24, 2.45) is 0 Å². The monoisotopic (exact) mass is 392 g/mol. The molecular formula is C20H25O6P. The Labute approximate surface area is 159 Å². The maximum Gasteiger partial charge on any atom is 0.395 e. The Morgan fingerprint density at radius 1 is 1.11 bits per heavy atom. The summed E-state index contributed by atoms with van der Waals surface area (Å²) in [6, 6.07) is 9.10. The van der Waals surface area contributed by atoms with Crippen molar-refractivity contribution >= 4 is 13.1 Å². The van der Waals surface area contributed by atoms with E-state index >= 15 is 0 Å². The van der Waals surface area contributed by atoms with Gasteiger partial charge in [0.25, 0.3) is 5.52 Å². The van der Waals surface area contributed by atoms with Crippen LogP contribution < -0.4 is 4.74 Å². The summed E-state index contributed by atoms with van der Waals surface area (Å²) < 4.78 is 16.1. The predicted molar refractivity (Wildman–Crippen MR) is 103 cm³/mol. The number of carbonyl (C=O) groups excluding carboxylic acids is 1. The molecule has 7 heteroatoms. The van der Waals surface area contributed by atoms with Crippen LogP contribution in [0.3, 0.4) is 0 Å². The quantitative estimate of drug-likeness (QED) is 0.619. The van der Waals surface area contributed by atoms with Crippen molar-refractivity contribution in [1.82, 2.24) is 0 Å². The molecule has 0 saturated carbocycles. The van der Waals surface area contributed by atoms with Crippen molar-refractivity contribution in [1.29, 1.82) is 0 Å². The first-order chi connectivity index (χ1) is 12.5. The molecule has 0 aromatic heterocycles. The van der Waals surface area contributed by atoms with Crippen LogP contribution in [0.1, 0.15) is 47.6 Å². The minimum atomic E-state index is -4.77. The zero-order chi connectivity index (χ0) is 20.4. The third-order valence-corrected chi connectivity index (χ3v) is 5.23. The van der Waals surface area contributed by atoms with E-state index in [1.165, 1.54) is 0 Å². The molecule has 6 nitrogen and oxygen atoms in total. The lowest BCUT2D eigenvalue weighted by molar-refractivity contribution is -0.115. The summed E-state index contributed by atoms with van der Waals surface area (Å²) in [6.45, 7) is 7.23. The molecule has 0 amide bonds. The van der Waals surface area contributed by atoms with E-state index in [-0.39, 0.29) is 5.92 Å². The van der Waals surface area contributed by atoms with Gasteiger partial charge in [-0.15, -0.1) is 0 Å². The van der Waals surface area contributed by atoms with Crippen LogP contribution in [-0.2, 0) is 15.8 Å². The van der Waals surface area contributed by atoms with E-state index in [1.54, 1.807) is 18.2 Å². The first-order valence-electron chi connectivity index (χ1n) is 8.62. The zero-order valence-corrected chi connectivity index (χ0v) is 16.8. The Balaban J connectivity index is 2.21. The molecule has 0 aliphatic carbocycles. The second kappa shape index (κ2) is 8.26. The number of benzene rings is 2. The summed E-state index contributed by atoms with van der Waals surface area (Å²) >= 11 is 0. The second-order valence-electron chi connectivity index (χ2n) is 6.99. The molecule has 0 fully saturated rings. The second-order valence-corrected chi connectivity index (χ2v) is 8.57. The third kappa shape index (κ3) is 5.42. The summed E-state index contributed by atoms with van der Waals surface area (Å²) in [7, 11) is -4.77. The van der Waals surface area contributed by atoms with Crippen molar-refractivity contribution < 1.29 is 29.0 Å². The molecule has 0 spiro atoms. The van der Waals surface area contributed by atoms with E-state index < -0.39 is 19.7 Å². The highest BCUT2D eigenvalue weighted by Gasteiger charge is 2.26. The van der Waals surface area contributed by atoms with Gasteiger partial charge in [0, 0.05) is 0 Å². The van der Waals surface area contributed by atoms with Crippen molar-refractivity contribution in [3.05, 3.63) is 58.1 Å². The van der Waals surface area contributed by atoms with E-state index in [4.69, 9.17) is 14.5 Å². The maximum absolute atomic E-state index is 11.3. The van der Waals surface area contributed by atoms with Gasteiger partial charge in [-0.05, 0) is 72.2 Å². The SMILES string of the molecule is Cc1cc(OCC(=O)P(=O)(O)O)cc(C)c1Cc1ccc(O)c(C(C)C)c1. The summed E-state index contributed by atoms with van der Waals surface area (Å²) in [4.78, 5) is 29.0. The van der Waals surface area contributed by atoms with Crippen molar-refractivity contribution in [2.75, 3.05) is 6.61 Å². The molecule has 0 aliphatic rings. The van der Waals surface area contributed by atoms with Crippen molar-refractivity contribution in [3.8, 4) is 11.5 Å². The van der Waals surface area contributed by atoms with Gasteiger partial charge in [0.15, 0.2) is 6.61 Å². The predicted octanol–water partition coefficient (Wildman–Crippen LogP) is 3.81. The lowest BCUT2D eigenvalue weighted by Gasteiger charge is -2.15. The van der Waals surface area contributed by atoms with E-state index in [9.17, 15) is 14.5 Å². The number of hydrogen-bond donors (Lipinski definition) is 3. The summed E-state index contributed by atoms with van der Waals surface area (Å²) in [5, 5.41) is 9.98. The van der Waals surface area contributed by atoms with Crippen LogP contribution in [0.2, 0.25) is 0 Å². The van der Waals surface area contributed by atoms with Gasteiger partial charge >= 0.3 is 7.60 Å². The fourth-order valence-electron chi connectivity index (χ4n) is 2.93. The van der Waals surface area contributed by atoms with Gasteiger partial charge in [0.1, 0.15) is 11.5 Å². The Morgan fingerprint density at radius 2 is 1.70 bits per heavy atom. The first-order valence-corrected chi connectivity index (χ1v) is 10.2. The molecule has 27 heavy (non-hydrogen) atoms. The minimum Gasteiger partial charge on any atom is -0.508 e. The van der Waals surface area contributed by atoms with Crippen LogP contribution in [0.5, 0.6) is 11.5 Å². The van der Waals surface area contributed by atoms with E-state index in [2.05, 4.69) is 0 Å². The number of aromatic hydroxyl groups is 1. The number of aryl methyl sites for hydroxylation is 2. The van der Waals surface area contributed by atoms with E-state index in [0.717, 1.165) is 27.8 Å². The van der Waals surface area contributed by atoms with Gasteiger partial charge in [-0.3, -0.25) is 9.36 Å². The Bertz CT molecular complexity index is 874. The molecular weight excluding hydrogens is 367 g/mol. The zero-order valence-electron chi connectivity index (χ0n) is 15.9. The molecule has 0 atom stereocenters. The van der Waals surface area contributed by atoms with Gasteiger partial charge in [-0.25, -0.2) is 0 Å². The molecule has 0 bridgehead atoms. The number of ether oxygens (including phenoxy) is 1. The lowest BCUT2D eigenvalue weighted by Crippen LogP contribution is -2.11. The lowest BCUT2D eigenvalue weighted by atomic mass is 9.93. The first kappa shape index (κ1) is 21.2. The van der Waals surface area contributed by atoms with Crippen LogP contribution in [0.25, 0.3) is 0 Å². The third-order valence-electron chi connectivity index (χ3n) is 4.45. The molecule has 0 unspecified atom stereocenters. The molecule has 2 aromatic carbocycles. The average Bonchev–Trinajstić information content (AvgIpc) is 2.56. The minimum absolute atomic E-state index is 0.217. The highest BCUT2D eigenvalue weighted by atomic mass is 31.2. The van der Waals surface area contributed by atoms with Gasteiger partial charge in [0.05, 0.1) is 0 Å². The summed E-state index contributed by atoms with van der Waals surface area (Å²) in [6.07, 6.45) is 0.680. The molecule has 0 heterocycles. The van der Waals surface area contributed by atoms with Crippen LogP contribution >= 0.6 is 7.60 Å². The fourth-order valence-corrected chi connectivity index (χ4v) is 3.16. The largest absolute Gasteiger partial charge is 0.508 e. The van der Waals surface area contributed by atoms with Crippen LogP contribution in [-0.4, -0.2) is 27.0 Å². The molecule has 0 aliphatic heterocycles. The van der Waals surface area contributed by atoms with Crippen LogP contribution in [0.4, 0.5) is 0 Å². The number of carbonyl (C=O) groups is 1. The summed E-state index contributed by atoms with van der Waals surface area (Å²) in [5.41, 5.74) is 3.74. The fraction of sp³-hybridized carbons (Fsp3) is 0.350. The summed E-state index contributed by atoms with van der Waals surface area (Å²) in [5.74, 6) is 0.902. The maximum atomic E-state index is 11.3. The molecule has 0 radical (unpaired) electrons. The topological polar surface area (TPSA) is 104 Å². The normalized spacial score (nSPS) is 11.7. The van der Waals surface area contributed by atoms with Gasteiger partial charge < -0.3 is 19.6 Å². The number of phenols is 1. The number of hydrogen-bond acceptors (Lipinski definition) is 4. The molecule has 0 saturated heterocycles. The Hall–Kier alpha value is -2.14. The van der Waals surface area contributed by atoms with Crippen LogP contribution in [0, 0.1) is 13.8 Å². The van der Waals surface area contributed by atoms with Crippen molar-refractivity contribution in [2.45, 2.75) is 40.0 Å². The number of phenolic OH excluding ortho intramolecular Hbond substituents is 1. The number of rotatable bonds is 7. The molecule has 146 valence electrons. The molecule has 2 rings (SSSR count). The van der Waals surface area contributed by atoms with E-state index in [0.29, 0.717) is 17.9 Å². The Kier molecular flexibility index (Phi) is 6.47.